The molecule has 0 aliphatic rings. The summed E-state index contributed by atoms with van der Waals surface area (Å²) in [4.78, 5) is 35.7. The van der Waals surface area contributed by atoms with E-state index in [2.05, 4.69) is 28.1 Å². The zero-order chi connectivity index (χ0) is 25.6. The Kier molecular flexibility index (Phi) is 11.5. The first-order valence-electron chi connectivity index (χ1n) is 11.0. The fourth-order valence-electron chi connectivity index (χ4n) is 2.79. The Morgan fingerprint density at radius 1 is 1.06 bits per heavy atom. The third-order valence-corrected chi connectivity index (χ3v) is 4.78. The van der Waals surface area contributed by atoms with Crippen LogP contribution in [0.3, 0.4) is 0 Å². The molecular formula is C24H29ClN4O6. The lowest BCUT2D eigenvalue weighted by molar-refractivity contribution is -0.139. The number of hydrogen-bond acceptors (Lipinski definition) is 7. The van der Waals surface area contributed by atoms with Gasteiger partial charge in [-0.2, -0.15) is 5.10 Å². The molecule has 0 radical (unpaired) electrons. The molecule has 0 atom stereocenters. The quantitative estimate of drug-likeness (QED) is 0.176. The van der Waals surface area contributed by atoms with Gasteiger partial charge >= 0.3 is 11.8 Å². The van der Waals surface area contributed by atoms with E-state index in [0.717, 1.165) is 6.42 Å². The second-order valence-electron chi connectivity index (χ2n) is 7.10. The maximum atomic E-state index is 12.3. The molecule has 3 amide bonds. The highest BCUT2D eigenvalue weighted by Crippen LogP contribution is 2.36. The molecule has 2 rings (SSSR count). The summed E-state index contributed by atoms with van der Waals surface area (Å²) >= 11 is 6.35. The summed E-state index contributed by atoms with van der Waals surface area (Å²) in [6.07, 6.45) is 2.21. The summed E-state index contributed by atoms with van der Waals surface area (Å²) in [5.74, 6) is -1.63. The van der Waals surface area contributed by atoms with Crippen molar-refractivity contribution < 1.29 is 28.6 Å². The molecule has 10 nitrogen and oxygen atoms in total. The highest BCUT2D eigenvalue weighted by molar-refractivity contribution is 6.35. The molecule has 0 saturated heterocycles. The Labute approximate surface area is 209 Å². The van der Waals surface area contributed by atoms with Crippen LogP contribution in [0.15, 0.2) is 41.5 Å². The first kappa shape index (κ1) is 27.6. The van der Waals surface area contributed by atoms with E-state index < -0.39 is 11.8 Å². The van der Waals surface area contributed by atoms with Gasteiger partial charge in [-0.05, 0) is 48.7 Å². The van der Waals surface area contributed by atoms with E-state index in [1.54, 1.807) is 13.0 Å². The van der Waals surface area contributed by atoms with Crippen LogP contribution in [0.1, 0.15) is 25.0 Å². The number of carbonyl (C=O) groups is 3. The Balaban J connectivity index is 1.99. The lowest BCUT2D eigenvalue weighted by atomic mass is 10.1. The van der Waals surface area contributed by atoms with Crippen LogP contribution in [-0.4, -0.2) is 57.4 Å². The van der Waals surface area contributed by atoms with Crippen molar-refractivity contribution in [1.82, 2.24) is 10.7 Å². The Morgan fingerprint density at radius 2 is 1.80 bits per heavy atom. The van der Waals surface area contributed by atoms with Gasteiger partial charge in [-0.25, -0.2) is 5.43 Å². The zero-order valence-corrected chi connectivity index (χ0v) is 20.6. The van der Waals surface area contributed by atoms with E-state index >= 15 is 0 Å². The van der Waals surface area contributed by atoms with Crippen molar-refractivity contribution in [3.8, 4) is 11.5 Å². The smallest absolute Gasteiger partial charge is 0.329 e. The SMILES string of the molecule is CCOc1cc(/C=N\NC(=O)C(=O)NCCOC)cc(Cl)c1OCC(=O)Nc1ccc(CC)cc1. The molecule has 2 aromatic carbocycles. The first-order chi connectivity index (χ1) is 16.9. The summed E-state index contributed by atoms with van der Waals surface area (Å²) < 4.78 is 16.0. The summed E-state index contributed by atoms with van der Waals surface area (Å²) in [7, 11) is 1.48. The van der Waals surface area contributed by atoms with Gasteiger partial charge < -0.3 is 24.8 Å². The van der Waals surface area contributed by atoms with Gasteiger partial charge in [0.05, 0.1) is 24.5 Å². The molecular weight excluding hydrogens is 476 g/mol. The van der Waals surface area contributed by atoms with Crippen molar-refractivity contribution in [2.24, 2.45) is 5.10 Å². The number of methoxy groups -OCH3 is 1. The molecule has 0 fully saturated rings. The second-order valence-corrected chi connectivity index (χ2v) is 7.51. The molecule has 0 saturated carbocycles. The zero-order valence-electron chi connectivity index (χ0n) is 19.9. The van der Waals surface area contributed by atoms with Gasteiger partial charge in [0.2, 0.25) is 0 Å². The number of ether oxygens (including phenoxy) is 3. The van der Waals surface area contributed by atoms with Gasteiger partial charge in [-0.3, -0.25) is 14.4 Å². The van der Waals surface area contributed by atoms with Gasteiger partial charge in [-0.15, -0.1) is 0 Å². The summed E-state index contributed by atoms with van der Waals surface area (Å²) in [5.41, 5.74) is 4.43. The number of rotatable bonds is 12. The topological polar surface area (TPSA) is 127 Å². The number of benzene rings is 2. The van der Waals surface area contributed by atoms with Crippen molar-refractivity contribution in [2.75, 3.05) is 38.8 Å². The highest BCUT2D eigenvalue weighted by atomic mass is 35.5. The minimum atomic E-state index is -0.927. The van der Waals surface area contributed by atoms with E-state index in [-0.39, 0.29) is 36.4 Å². The van der Waals surface area contributed by atoms with Crippen LogP contribution in [-0.2, 0) is 25.5 Å². The van der Waals surface area contributed by atoms with Crippen molar-refractivity contribution in [2.45, 2.75) is 20.3 Å². The number of amides is 3. The number of nitrogens with one attached hydrogen (secondary N) is 3. The number of nitrogens with zero attached hydrogens (tertiary/aromatic N) is 1. The molecule has 0 aliphatic heterocycles. The Hall–Kier alpha value is -3.63. The third-order valence-electron chi connectivity index (χ3n) is 4.50. The van der Waals surface area contributed by atoms with E-state index in [4.69, 9.17) is 25.8 Å². The van der Waals surface area contributed by atoms with Crippen LogP contribution in [0.2, 0.25) is 5.02 Å². The number of hydrazone groups is 1. The highest BCUT2D eigenvalue weighted by Gasteiger charge is 2.15. The molecule has 0 aliphatic carbocycles. The Bertz CT molecular complexity index is 1040. The molecule has 0 spiro atoms. The minimum absolute atomic E-state index is 0.182. The van der Waals surface area contributed by atoms with E-state index in [1.165, 1.54) is 25.0 Å². The maximum Gasteiger partial charge on any atom is 0.329 e. The van der Waals surface area contributed by atoms with Crippen LogP contribution >= 0.6 is 11.6 Å². The first-order valence-corrected chi connectivity index (χ1v) is 11.3. The lowest BCUT2D eigenvalue weighted by Gasteiger charge is -2.14. The van der Waals surface area contributed by atoms with Gasteiger partial charge in [0.1, 0.15) is 0 Å². The van der Waals surface area contributed by atoms with Gasteiger partial charge in [0, 0.05) is 19.3 Å². The predicted octanol–water partition coefficient (Wildman–Crippen LogP) is 2.53. The molecule has 188 valence electrons. The molecule has 2 aromatic rings. The summed E-state index contributed by atoms with van der Waals surface area (Å²) in [5, 5.41) is 9.08. The number of anilines is 1. The number of halogens is 1. The number of aryl methyl sites for hydroxylation is 1. The fraction of sp³-hybridized carbons (Fsp3) is 0.333. The Morgan fingerprint density at radius 3 is 2.46 bits per heavy atom. The van der Waals surface area contributed by atoms with Crippen LogP contribution in [0.5, 0.6) is 11.5 Å². The largest absolute Gasteiger partial charge is 0.490 e. The van der Waals surface area contributed by atoms with Crippen LogP contribution < -0.4 is 25.5 Å². The lowest BCUT2D eigenvalue weighted by Crippen LogP contribution is -2.39. The minimum Gasteiger partial charge on any atom is -0.490 e. The van der Waals surface area contributed by atoms with Gasteiger partial charge in [0.15, 0.2) is 18.1 Å². The van der Waals surface area contributed by atoms with E-state index in [9.17, 15) is 14.4 Å². The van der Waals surface area contributed by atoms with Crippen molar-refractivity contribution in [3.05, 3.63) is 52.5 Å². The standard InChI is InChI=1S/C24H29ClN4O6/c1-4-16-6-8-18(9-7-16)28-21(30)15-35-22-19(25)12-17(13-20(22)34-5-2)14-27-29-24(32)23(31)26-10-11-33-3/h6-9,12-14H,4-5,10-11,15H2,1-3H3,(H,26,31)(H,28,30)(H,29,32)/b27-14-. The molecule has 0 aromatic heterocycles. The van der Waals surface area contributed by atoms with Gasteiger partial charge in [-0.1, -0.05) is 30.7 Å². The number of carbonyl (C=O) groups excluding carboxylic acids is 3. The van der Waals surface area contributed by atoms with Crippen molar-refractivity contribution in [1.29, 1.82) is 0 Å². The maximum absolute atomic E-state index is 12.3. The molecule has 11 heteroatoms. The van der Waals surface area contributed by atoms with Crippen LogP contribution in [0, 0.1) is 0 Å². The van der Waals surface area contributed by atoms with Crippen molar-refractivity contribution in [3.63, 3.8) is 0 Å². The monoisotopic (exact) mass is 504 g/mol. The average molecular weight is 505 g/mol. The molecule has 0 heterocycles. The second kappa shape index (κ2) is 14.6. The number of hydrogen-bond donors (Lipinski definition) is 3. The predicted molar refractivity (Wildman–Crippen MR) is 133 cm³/mol. The third kappa shape index (κ3) is 9.26. The van der Waals surface area contributed by atoms with E-state index in [0.29, 0.717) is 23.6 Å². The van der Waals surface area contributed by atoms with Gasteiger partial charge in [0.25, 0.3) is 5.91 Å². The normalized spacial score (nSPS) is 10.6. The molecule has 3 N–H and O–H groups in total. The average Bonchev–Trinajstić information content (AvgIpc) is 2.84. The molecule has 35 heavy (non-hydrogen) atoms. The molecule has 0 bridgehead atoms. The fourth-order valence-corrected chi connectivity index (χ4v) is 3.06. The summed E-state index contributed by atoms with van der Waals surface area (Å²) in [6, 6.07) is 10.6. The van der Waals surface area contributed by atoms with Crippen LogP contribution in [0.4, 0.5) is 5.69 Å². The van der Waals surface area contributed by atoms with Crippen molar-refractivity contribution >= 4 is 41.2 Å². The molecule has 0 unspecified atom stereocenters. The van der Waals surface area contributed by atoms with Crippen LogP contribution in [0.25, 0.3) is 0 Å². The van der Waals surface area contributed by atoms with E-state index in [1.807, 2.05) is 24.3 Å². The summed E-state index contributed by atoms with van der Waals surface area (Å²) in [6.45, 7) is 4.36.